The van der Waals surface area contributed by atoms with Crippen molar-refractivity contribution >= 4 is 0 Å². The van der Waals surface area contributed by atoms with Crippen LogP contribution in [-0.4, -0.2) is 6.54 Å². The molecule has 0 heterocycles. The predicted octanol–water partition coefficient (Wildman–Crippen LogP) is 5.47. The molecule has 0 rings (SSSR count). The molecule has 1 radical (unpaired) electrons. The molecule has 0 aliphatic rings. The van der Waals surface area contributed by atoms with Gasteiger partial charge < -0.3 is 0 Å². The number of unbranched alkanes of at least 4 members (excludes halogenated alkanes) is 5. The highest BCUT2D eigenvalue weighted by Crippen LogP contribution is 2.05. The average molecular weight is 248 g/mol. The molecule has 0 saturated heterocycles. The van der Waals surface area contributed by atoms with Gasteiger partial charge in [-0.15, -0.1) is 0 Å². The smallest absolute Gasteiger partial charge is 0.00997 e. The Morgan fingerprint density at radius 3 is 1.89 bits per heavy atom. The van der Waals surface area contributed by atoms with Gasteiger partial charge in [-0.25, -0.2) is 0 Å². The van der Waals surface area contributed by atoms with Crippen LogP contribution in [0.2, 0.25) is 0 Å². The second-order valence-corrected chi connectivity index (χ2v) is 4.60. The minimum Gasteiger partial charge on any atom is -0.258 e. The lowest BCUT2D eigenvalue weighted by molar-refractivity contribution is 0.619. The molecule has 1 N–H and O–H groups in total. The normalized spacial score (nSPS) is 12.3. The van der Waals surface area contributed by atoms with Crippen molar-refractivity contribution < 1.29 is 0 Å². The van der Waals surface area contributed by atoms with Crippen LogP contribution in [-0.2, 0) is 0 Å². The zero-order chi connectivity index (χ0) is 13.3. The van der Waals surface area contributed by atoms with E-state index >= 15 is 0 Å². The monoisotopic (exact) mass is 248 g/mol. The molecule has 103 valence electrons. The minimum absolute atomic E-state index is 0.597. The second kappa shape index (κ2) is 16.2. The van der Waals surface area contributed by atoms with Gasteiger partial charge in [-0.3, -0.25) is 5.73 Å². The molecule has 0 aromatic heterocycles. The third-order valence-electron chi connectivity index (χ3n) is 2.83. The van der Waals surface area contributed by atoms with Crippen molar-refractivity contribution in [2.45, 2.75) is 64.7 Å². The molecule has 0 aromatic rings. The maximum Gasteiger partial charge on any atom is 0.00997 e. The van der Waals surface area contributed by atoms with Crippen LogP contribution in [0.5, 0.6) is 0 Å². The van der Waals surface area contributed by atoms with Gasteiger partial charge in [0.1, 0.15) is 0 Å². The Kier molecular flexibility index (Phi) is 15.4. The minimum atomic E-state index is 0.597. The van der Waals surface area contributed by atoms with Crippen LogP contribution in [0.15, 0.2) is 36.5 Å². The van der Waals surface area contributed by atoms with Gasteiger partial charge in [-0.1, -0.05) is 62.6 Å². The molecule has 0 spiro atoms. The lowest BCUT2D eigenvalue weighted by Crippen LogP contribution is -1.84. The highest BCUT2D eigenvalue weighted by atomic mass is 14.5. The summed E-state index contributed by atoms with van der Waals surface area (Å²) in [5.74, 6) is 0. The van der Waals surface area contributed by atoms with Crippen LogP contribution in [0, 0.1) is 0 Å². The van der Waals surface area contributed by atoms with E-state index in [1.165, 1.54) is 32.1 Å². The number of rotatable bonds is 12. The third-order valence-corrected chi connectivity index (χ3v) is 2.83. The van der Waals surface area contributed by atoms with Gasteiger partial charge >= 0.3 is 0 Å². The lowest BCUT2D eigenvalue weighted by atomic mass is 10.1. The molecule has 0 atom stereocenters. The largest absolute Gasteiger partial charge is 0.258 e. The molecule has 1 nitrogen and oxygen atoms in total. The Morgan fingerprint density at radius 1 is 0.667 bits per heavy atom. The van der Waals surface area contributed by atoms with Gasteiger partial charge in [0.2, 0.25) is 0 Å². The van der Waals surface area contributed by atoms with Gasteiger partial charge in [0, 0.05) is 6.54 Å². The first-order valence-electron chi connectivity index (χ1n) is 7.51. The molecule has 1 heteroatoms. The Hall–Kier alpha value is -0.820. The molecule has 0 aromatic carbocycles. The third kappa shape index (κ3) is 15.2. The molecule has 0 aliphatic carbocycles. The molecule has 0 amide bonds. The SMILES string of the molecule is CC/C=C/C/C=C/C/C=C/CCCCCCC[NH]. The summed E-state index contributed by atoms with van der Waals surface area (Å²) in [6.07, 6.45) is 24.2. The van der Waals surface area contributed by atoms with E-state index in [-0.39, 0.29) is 0 Å². The average Bonchev–Trinajstić information content (AvgIpc) is 2.39. The van der Waals surface area contributed by atoms with E-state index in [0.717, 1.165) is 25.7 Å². The summed E-state index contributed by atoms with van der Waals surface area (Å²) in [6.45, 7) is 2.76. The van der Waals surface area contributed by atoms with Gasteiger partial charge in [0.05, 0.1) is 0 Å². The predicted molar refractivity (Wildman–Crippen MR) is 82.6 cm³/mol. The highest BCUT2D eigenvalue weighted by Gasteiger charge is 1.87. The maximum absolute atomic E-state index is 7.04. The van der Waals surface area contributed by atoms with Crippen molar-refractivity contribution in [3.8, 4) is 0 Å². The summed E-state index contributed by atoms with van der Waals surface area (Å²) >= 11 is 0. The van der Waals surface area contributed by atoms with E-state index < -0.39 is 0 Å². The first kappa shape index (κ1) is 17.2. The summed E-state index contributed by atoms with van der Waals surface area (Å²) in [6, 6.07) is 0. The highest BCUT2D eigenvalue weighted by molar-refractivity contribution is 4.96. The quantitative estimate of drug-likeness (QED) is 0.323. The first-order chi connectivity index (χ1) is 8.91. The Morgan fingerprint density at radius 2 is 1.22 bits per heavy atom. The molecule has 0 unspecified atom stereocenters. The molecule has 0 bridgehead atoms. The molecular weight excluding hydrogens is 218 g/mol. The number of allylic oxidation sites excluding steroid dienone is 6. The number of hydrogen-bond acceptors (Lipinski definition) is 0. The molecule has 0 saturated carbocycles. The van der Waals surface area contributed by atoms with Gasteiger partial charge in [0.25, 0.3) is 0 Å². The van der Waals surface area contributed by atoms with Crippen LogP contribution in [0.25, 0.3) is 0 Å². The molecule has 0 fully saturated rings. The fourth-order valence-corrected chi connectivity index (χ4v) is 1.74. The van der Waals surface area contributed by atoms with Crippen molar-refractivity contribution in [2.75, 3.05) is 6.54 Å². The van der Waals surface area contributed by atoms with E-state index in [0.29, 0.717) is 6.54 Å². The number of hydrogen-bond donors (Lipinski definition) is 0. The molecular formula is C17H30N. The molecule has 18 heavy (non-hydrogen) atoms. The zero-order valence-electron chi connectivity index (χ0n) is 12.0. The van der Waals surface area contributed by atoms with E-state index in [1.807, 2.05) is 0 Å². The summed E-state index contributed by atoms with van der Waals surface area (Å²) in [4.78, 5) is 0. The second-order valence-electron chi connectivity index (χ2n) is 4.60. The summed E-state index contributed by atoms with van der Waals surface area (Å²) < 4.78 is 0. The van der Waals surface area contributed by atoms with Gasteiger partial charge in [-0.05, 0) is 38.5 Å². The fraction of sp³-hybridized carbons (Fsp3) is 0.647. The van der Waals surface area contributed by atoms with Gasteiger partial charge in [0.15, 0.2) is 0 Å². The van der Waals surface area contributed by atoms with E-state index in [9.17, 15) is 0 Å². The Labute approximate surface area is 114 Å². The van der Waals surface area contributed by atoms with Gasteiger partial charge in [-0.2, -0.15) is 0 Å². The number of nitrogens with one attached hydrogen (secondary N) is 1. The standard InChI is InChI=1S/C17H30N/c1-2-3-4-5-6-7-8-9-10-11-12-13-14-15-16-17-18/h3-4,6-7,9-10,18H,2,5,8,11-17H2,1H3/b4-3+,7-6+,10-9+. The van der Waals surface area contributed by atoms with E-state index in [1.54, 1.807) is 0 Å². The zero-order valence-corrected chi connectivity index (χ0v) is 12.0. The van der Waals surface area contributed by atoms with Crippen LogP contribution in [0.3, 0.4) is 0 Å². The van der Waals surface area contributed by atoms with Crippen molar-refractivity contribution in [1.29, 1.82) is 0 Å². The fourth-order valence-electron chi connectivity index (χ4n) is 1.74. The van der Waals surface area contributed by atoms with Crippen LogP contribution < -0.4 is 5.73 Å². The van der Waals surface area contributed by atoms with Crippen LogP contribution in [0.4, 0.5) is 0 Å². The molecule has 0 aliphatic heterocycles. The van der Waals surface area contributed by atoms with Crippen molar-refractivity contribution in [3.63, 3.8) is 0 Å². The van der Waals surface area contributed by atoms with E-state index in [4.69, 9.17) is 5.73 Å². The maximum atomic E-state index is 7.04. The topological polar surface area (TPSA) is 23.8 Å². The summed E-state index contributed by atoms with van der Waals surface area (Å²) in [5.41, 5.74) is 7.04. The summed E-state index contributed by atoms with van der Waals surface area (Å²) in [5, 5.41) is 0. The van der Waals surface area contributed by atoms with Crippen molar-refractivity contribution in [2.24, 2.45) is 0 Å². The Bertz CT molecular complexity index is 226. The lowest BCUT2D eigenvalue weighted by Gasteiger charge is -1.97. The Balaban J connectivity index is 3.20. The van der Waals surface area contributed by atoms with Crippen LogP contribution >= 0.6 is 0 Å². The van der Waals surface area contributed by atoms with Crippen molar-refractivity contribution in [3.05, 3.63) is 36.5 Å². The summed E-state index contributed by atoms with van der Waals surface area (Å²) in [7, 11) is 0. The van der Waals surface area contributed by atoms with Crippen molar-refractivity contribution in [1.82, 2.24) is 5.73 Å². The first-order valence-corrected chi connectivity index (χ1v) is 7.51. The van der Waals surface area contributed by atoms with E-state index in [2.05, 4.69) is 43.4 Å². The van der Waals surface area contributed by atoms with Crippen LogP contribution in [0.1, 0.15) is 64.7 Å².